The Morgan fingerprint density at radius 1 is 1.31 bits per heavy atom. The molecule has 1 aromatic carbocycles. The summed E-state index contributed by atoms with van der Waals surface area (Å²) in [7, 11) is 0. The number of fused-ring (bicyclic) bond motifs is 2. The molecule has 32 heavy (non-hydrogen) atoms. The maximum absolute atomic E-state index is 14.3. The van der Waals surface area contributed by atoms with Crippen molar-refractivity contribution < 1.29 is 18.1 Å². The third-order valence-electron chi connectivity index (χ3n) is 6.15. The van der Waals surface area contributed by atoms with E-state index in [9.17, 15) is 18.1 Å². The fourth-order valence-corrected chi connectivity index (χ4v) is 4.14. The monoisotopic (exact) mass is 442 g/mol. The first-order chi connectivity index (χ1) is 15.2. The number of carbonyl (C=O) groups is 1. The highest BCUT2D eigenvalue weighted by Gasteiger charge is 2.44. The molecule has 1 radical (unpaired) electrons. The average Bonchev–Trinajstić information content (AvgIpc) is 3.31. The fraction of sp³-hybridized carbons (Fsp3) is 0.273. The van der Waals surface area contributed by atoms with Gasteiger partial charge in [0.25, 0.3) is 5.84 Å². The number of aliphatic imine (C=N–C) groups is 1. The smallest absolute Gasteiger partial charge is 0.264 e. The van der Waals surface area contributed by atoms with Crippen LogP contribution in [0.2, 0.25) is 0 Å². The Morgan fingerprint density at radius 3 is 2.88 bits per heavy atom. The van der Waals surface area contributed by atoms with Crippen LogP contribution in [0.5, 0.6) is 0 Å². The zero-order chi connectivity index (χ0) is 22.8. The number of hydrazine groups is 1. The molecule has 2 aromatic rings. The highest BCUT2D eigenvalue weighted by Crippen LogP contribution is 2.38. The van der Waals surface area contributed by atoms with Crippen LogP contribution in [0.1, 0.15) is 30.8 Å². The molecule has 0 bridgehead atoms. The molecule has 0 fully saturated rings. The van der Waals surface area contributed by atoms with E-state index in [1.165, 1.54) is 23.3 Å². The Balaban J connectivity index is 1.56. The molecule has 10 heteroatoms. The Hall–Kier alpha value is -3.37. The molecule has 3 aliphatic rings. The molecule has 0 atom stereocenters. The molecule has 7 nitrogen and oxygen atoms in total. The van der Waals surface area contributed by atoms with Gasteiger partial charge in [0.2, 0.25) is 12.4 Å². The van der Waals surface area contributed by atoms with Crippen molar-refractivity contribution >= 4 is 23.0 Å². The summed E-state index contributed by atoms with van der Waals surface area (Å²) in [6.07, 6.45) is 3.01. The molecule has 3 aliphatic heterocycles. The number of halogens is 3. The minimum absolute atomic E-state index is 0.0206. The summed E-state index contributed by atoms with van der Waals surface area (Å²) in [5.41, 5.74) is 2.33. The SMILES string of the molecule is CC1(C)C(=O)Cc2[nH]c(C3=C4C=CN(F)C[N+]4C(Cc4cccc(F)c4F)=N3)cc2N1N. The van der Waals surface area contributed by atoms with Crippen LogP contribution in [0, 0.1) is 11.6 Å². The van der Waals surface area contributed by atoms with Gasteiger partial charge in [-0.2, -0.15) is 10.1 Å². The standard InChI is InChI=1S/C22H21F3N6O/c1-22(2)18(32)10-14-17(31(22)26)9-15(27-14)21-16-6-7-29(25)11-30(16)19(28-21)8-12-4-3-5-13(23)20(12)24/h3-7,9,27H,8,10-11,26H2,1-2H3/q+1. The second kappa shape index (κ2) is 7.07. The van der Waals surface area contributed by atoms with Gasteiger partial charge in [0.05, 0.1) is 24.2 Å². The number of nitrogens with two attached hydrogens (primary N) is 1. The van der Waals surface area contributed by atoms with E-state index < -0.39 is 17.2 Å². The summed E-state index contributed by atoms with van der Waals surface area (Å²) in [6.45, 7) is 3.38. The van der Waals surface area contributed by atoms with E-state index in [-0.39, 0.29) is 30.9 Å². The topological polar surface area (TPSA) is 83.6 Å². The number of hydrogen-bond donors (Lipinski definition) is 2. The minimum atomic E-state index is -0.954. The van der Waals surface area contributed by atoms with Crippen molar-refractivity contribution in [1.82, 2.24) is 15.0 Å². The lowest BCUT2D eigenvalue weighted by molar-refractivity contribution is -0.123. The normalized spacial score (nSPS) is 20.1. The number of H-pyrrole nitrogens is 1. The van der Waals surface area contributed by atoms with Crippen LogP contribution in [0.3, 0.4) is 0 Å². The maximum atomic E-state index is 14.3. The second-order valence-electron chi connectivity index (χ2n) is 8.51. The average molecular weight is 442 g/mol. The lowest BCUT2D eigenvalue weighted by Crippen LogP contribution is -2.57. The number of Topliss-reactive ketones (excluding diaryl/α,β-unsaturated/α-hetero) is 1. The second-order valence-corrected chi connectivity index (χ2v) is 8.51. The van der Waals surface area contributed by atoms with E-state index in [4.69, 9.17) is 5.84 Å². The van der Waals surface area contributed by atoms with Crippen molar-refractivity contribution in [2.75, 3.05) is 11.7 Å². The van der Waals surface area contributed by atoms with Gasteiger partial charge < -0.3 is 4.98 Å². The number of benzene rings is 1. The Labute approximate surface area is 182 Å². The van der Waals surface area contributed by atoms with Crippen molar-refractivity contribution in [3.8, 4) is 0 Å². The van der Waals surface area contributed by atoms with Gasteiger partial charge in [0, 0.05) is 23.5 Å². The molecule has 1 aromatic heterocycles. The fourth-order valence-electron chi connectivity index (χ4n) is 4.14. The number of amidine groups is 1. The highest BCUT2D eigenvalue weighted by atomic mass is 19.2. The number of anilines is 1. The summed E-state index contributed by atoms with van der Waals surface area (Å²) >= 11 is 0. The van der Waals surface area contributed by atoms with Crippen molar-refractivity contribution in [3.05, 3.63) is 70.8 Å². The number of nitrogens with zero attached hydrogens (tertiary/aromatic N) is 4. The molecular formula is C22H21F3N6O+. The van der Waals surface area contributed by atoms with Gasteiger partial charge in [-0.15, -0.1) is 0 Å². The Kier molecular flexibility index (Phi) is 4.54. The van der Waals surface area contributed by atoms with Gasteiger partial charge in [-0.3, -0.25) is 9.80 Å². The van der Waals surface area contributed by atoms with Crippen molar-refractivity contribution in [2.45, 2.75) is 32.2 Å². The zero-order valence-corrected chi connectivity index (χ0v) is 17.5. The minimum Gasteiger partial charge on any atom is -0.355 e. The van der Waals surface area contributed by atoms with Gasteiger partial charge in [-0.25, -0.2) is 14.6 Å². The lowest BCUT2D eigenvalue weighted by Gasteiger charge is -2.38. The van der Waals surface area contributed by atoms with Gasteiger partial charge in [0.15, 0.2) is 23.1 Å². The van der Waals surface area contributed by atoms with E-state index in [2.05, 4.69) is 9.98 Å². The van der Waals surface area contributed by atoms with E-state index in [1.807, 2.05) is 0 Å². The van der Waals surface area contributed by atoms with Crippen molar-refractivity contribution in [3.63, 3.8) is 0 Å². The van der Waals surface area contributed by atoms with Crippen LogP contribution in [0.25, 0.3) is 5.70 Å². The summed E-state index contributed by atoms with van der Waals surface area (Å²) in [5.74, 6) is 4.66. The molecule has 3 N–H and O–H groups in total. The number of carbonyl (C=O) groups excluding carboxylic acids is 1. The molecule has 4 heterocycles. The van der Waals surface area contributed by atoms with Gasteiger partial charge in [-0.05, 0) is 26.0 Å². The molecule has 0 saturated heterocycles. The molecule has 0 spiro atoms. The highest BCUT2D eigenvalue weighted by molar-refractivity contribution is 6.01. The number of nitrogens with one attached hydrogen (secondary N) is 1. The molecule has 0 saturated carbocycles. The first kappa shape index (κ1) is 20.5. The summed E-state index contributed by atoms with van der Waals surface area (Å²) in [5, 5.41) is 1.91. The van der Waals surface area contributed by atoms with Gasteiger partial charge >= 0.3 is 0 Å². The summed E-state index contributed by atoms with van der Waals surface area (Å²) in [6, 6.07) is 5.74. The third kappa shape index (κ3) is 3.06. The van der Waals surface area contributed by atoms with Crippen LogP contribution in [0.4, 0.5) is 18.9 Å². The molecule has 5 rings (SSSR count). The quantitative estimate of drug-likeness (QED) is 0.435. The van der Waals surface area contributed by atoms with Crippen molar-refractivity contribution in [2.24, 2.45) is 10.8 Å². The largest absolute Gasteiger partial charge is 0.355 e. The van der Waals surface area contributed by atoms with Gasteiger partial charge in [-0.1, -0.05) is 21.5 Å². The summed E-state index contributed by atoms with van der Waals surface area (Å²) in [4.78, 5) is 21.9. The Bertz CT molecular complexity index is 1230. The van der Waals surface area contributed by atoms with E-state index in [0.29, 0.717) is 39.4 Å². The number of aromatic amines is 1. The van der Waals surface area contributed by atoms with Crippen LogP contribution in [-0.4, -0.2) is 33.9 Å². The lowest BCUT2D eigenvalue weighted by atomic mass is 9.90. The molecule has 165 valence electrons. The Morgan fingerprint density at radius 2 is 2.09 bits per heavy atom. The predicted octanol–water partition coefficient (Wildman–Crippen LogP) is 3.01. The van der Waals surface area contributed by atoms with Crippen molar-refractivity contribution in [1.29, 1.82) is 0 Å². The van der Waals surface area contributed by atoms with E-state index in [0.717, 1.165) is 6.07 Å². The predicted molar refractivity (Wildman–Crippen MR) is 114 cm³/mol. The van der Waals surface area contributed by atoms with Gasteiger partial charge in [0.1, 0.15) is 5.54 Å². The number of hydrogen-bond acceptors (Lipinski definition) is 6. The van der Waals surface area contributed by atoms with Crippen LogP contribution in [0.15, 0.2) is 47.2 Å². The number of ketones is 1. The van der Waals surface area contributed by atoms with E-state index in [1.54, 1.807) is 30.9 Å². The number of allylic oxidation sites excluding steroid dienone is 1. The van der Waals surface area contributed by atoms with Crippen LogP contribution in [-0.2, 0) is 17.6 Å². The maximum Gasteiger partial charge on any atom is 0.264 e. The first-order valence-electron chi connectivity index (χ1n) is 10.1. The molecular weight excluding hydrogens is 421 g/mol. The first-order valence-corrected chi connectivity index (χ1v) is 10.1. The zero-order valence-electron chi connectivity index (χ0n) is 17.5. The third-order valence-corrected chi connectivity index (χ3v) is 6.15. The van der Waals surface area contributed by atoms with E-state index >= 15 is 0 Å². The van der Waals surface area contributed by atoms with Crippen LogP contribution >= 0.6 is 0 Å². The number of rotatable bonds is 3. The number of aromatic nitrogens is 1. The summed E-state index contributed by atoms with van der Waals surface area (Å²) < 4.78 is 41.9. The molecule has 0 amide bonds. The molecule has 0 aliphatic carbocycles. The molecule has 0 unspecified atom stereocenters. The van der Waals surface area contributed by atoms with Crippen LogP contribution < -0.4 is 15.8 Å².